The van der Waals surface area contributed by atoms with Crippen LogP contribution in [0.5, 0.6) is 0 Å². The minimum Gasteiger partial charge on any atom is -0.458 e. The fourth-order valence-electron chi connectivity index (χ4n) is 6.14. The van der Waals surface area contributed by atoms with Gasteiger partial charge in [0.1, 0.15) is 23.7 Å². The number of hydrogen-bond acceptors (Lipinski definition) is 9. The van der Waals surface area contributed by atoms with Gasteiger partial charge in [-0.3, -0.25) is 4.79 Å². The van der Waals surface area contributed by atoms with Crippen molar-refractivity contribution in [1.29, 1.82) is 0 Å². The topological polar surface area (TPSA) is 146 Å². The van der Waals surface area contributed by atoms with Gasteiger partial charge in [0.15, 0.2) is 12.2 Å². The average Bonchev–Trinajstić information content (AvgIpc) is 3.35. The Morgan fingerprint density at radius 1 is 1.04 bits per heavy atom. The van der Waals surface area contributed by atoms with Crippen LogP contribution in [0.3, 0.4) is 0 Å². The second kappa shape index (κ2) is 4.90. The first-order valence-corrected chi connectivity index (χ1v) is 9.10. The Morgan fingerprint density at radius 3 is 2.33 bits per heavy atom. The Bertz CT molecular complexity index is 790. The highest BCUT2D eigenvalue weighted by molar-refractivity contribution is 5.85. The zero-order valence-electron chi connectivity index (χ0n) is 15.0. The number of aliphatic hydroxyl groups is 4. The van der Waals surface area contributed by atoms with Crippen molar-refractivity contribution in [2.24, 2.45) is 16.7 Å². The Labute approximate surface area is 154 Å². The fourth-order valence-corrected chi connectivity index (χ4v) is 6.14. The second-order valence-corrected chi connectivity index (χ2v) is 8.69. The molecule has 3 fully saturated rings. The second-order valence-electron chi connectivity index (χ2n) is 8.69. The van der Waals surface area contributed by atoms with E-state index < -0.39 is 77.5 Å². The van der Waals surface area contributed by atoms with Crippen molar-refractivity contribution < 1.29 is 44.2 Å². The number of hydrogen-bond donors (Lipinski definition) is 4. The number of carbonyl (C=O) groups is 2. The highest BCUT2D eigenvalue weighted by atomic mass is 16.6. The lowest BCUT2D eigenvalue weighted by molar-refractivity contribution is -0.171. The predicted molar refractivity (Wildman–Crippen MR) is 84.9 cm³/mol. The molecule has 5 aliphatic rings. The first kappa shape index (κ1) is 17.6. The molecule has 1 saturated carbocycles. The lowest BCUT2D eigenvalue weighted by Crippen LogP contribution is -2.66. The van der Waals surface area contributed by atoms with Crippen LogP contribution in [0.15, 0.2) is 11.1 Å². The molecule has 9 heteroatoms. The van der Waals surface area contributed by atoms with Crippen molar-refractivity contribution in [2.45, 2.75) is 69.6 Å². The largest absolute Gasteiger partial charge is 0.458 e. The van der Waals surface area contributed by atoms with Gasteiger partial charge in [0, 0.05) is 16.9 Å². The van der Waals surface area contributed by atoms with Crippen LogP contribution in [0.4, 0.5) is 0 Å². The number of carbonyl (C=O) groups excluding carboxylic acids is 2. The van der Waals surface area contributed by atoms with E-state index in [9.17, 15) is 30.0 Å². The van der Waals surface area contributed by atoms with Gasteiger partial charge in [0.05, 0.1) is 18.3 Å². The summed E-state index contributed by atoms with van der Waals surface area (Å²) < 4.78 is 16.4. The van der Waals surface area contributed by atoms with Crippen molar-refractivity contribution in [3.63, 3.8) is 0 Å². The number of rotatable bonds is 1. The van der Waals surface area contributed by atoms with E-state index in [0.29, 0.717) is 0 Å². The van der Waals surface area contributed by atoms with Crippen LogP contribution >= 0.6 is 0 Å². The molecule has 9 nitrogen and oxygen atoms in total. The maximum Gasteiger partial charge on any atom is 0.340 e. The summed E-state index contributed by atoms with van der Waals surface area (Å²) in [6, 6.07) is 0. The molecule has 3 aliphatic heterocycles. The SMILES string of the molecule is CC(O)C1OC(=O)C(O)C2=C1C(O)[C@H]1OC(=O)[C@]3(C)C1[C@]2(C)C1OC1[C@@H]3O. The van der Waals surface area contributed by atoms with Crippen LogP contribution in [0.25, 0.3) is 0 Å². The molecule has 5 rings (SSSR count). The zero-order chi connectivity index (χ0) is 19.6. The molecule has 0 aromatic rings. The maximum absolute atomic E-state index is 12.7. The molecule has 0 bridgehead atoms. The van der Waals surface area contributed by atoms with Gasteiger partial charge in [-0.1, -0.05) is 6.92 Å². The molecule has 0 aromatic heterocycles. The minimum atomic E-state index is -1.66. The number of epoxide rings is 1. The number of cyclic esters (lactones) is 1. The summed E-state index contributed by atoms with van der Waals surface area (Å²) in [7, 11) is 0. The van der Waals surface area contributed by atoms with E-state index in [1.54, 1.807) is 13.8 Å². The van der Waals surface area contributed by atoms with E-state index in [4.69, 9.17) is 14.2 Å². The molecule has 11 atom stereocenters. The molecule has 0 radical (unpaired) electrons. The van der Waals surface area contributed by atoms with Crippen molar-refractivity contribution >= 4 is 11.9 Å². The number of ether oxygens (including phenoxy) is 3. The standard InChI is InChI=1S/C18H22O9/c1-4(19)9-5-6(8(21)15(23)26-9)17(2)12-10(7(5)20)27-16(24)18(12,3)13(22)11-14(17)25-11/h4,7-14,19-22H,1-3H3/t4?,7?,8?,9?,10-,11?,12?,13+,14?,17-,18-/m1/s1. The van der Waals surface area contributed by atoms with E-state index in [0.717, 1.165) is 0 Å². The van der Waals surface area contributed by atoms with Crippen LogP contribution in [-0.2, 0) is 23.8 Å². The molecule has 4 N–H and O–H groups in total. The third-order valence-electron chi connectivity index (χ3n) is 7.35. The average molecular weight is 382 g/mol. The summed E-state index contributed by atoms with van der Waals surface area (Å²) in [5.41, 5.74) is -2.03. The van der Waals surface area contributed by atoms with E-state index in [1.807, 2.05) is 0 Å². The Balaban J connectivity index is 1.79. The molecule has 0 spiro atoms. The normalized spacial score (nSPS) is 56.6. The molecule has 2 aliphatic carbocycles. The molecule has 27 heavy (non-hydrogen) atoms. The molecule has 7 unspecified atom stereocenters. The van der Waals surface area contributed by atoms with E-state index in [-0.39, 0.29) is 11.1 Å². The smallest absolute Gasteiger partial charge is 0.340 e. The number of fused-ring (bicyclic) bond motifs is 3. The third kappa shape index (κ3) is 1.73. The van der Waals surface area contributed by atoms with Gasteiger partial charge in [-0.25, -0.2) is 4.79 Å². The molecule has 2 saturated heterocycles. The molecular formula is C18H22O9. The Morgan fingerprint density at radius 2 is 1.70 bits per heavy atom. The van der Waals surface area contributed by atoms with Gasteiger partial charge in [0.25, 0.3) is 0 Å². The van der Waals surface area contributed by atoms with E-state index >= 15 is 0 Å². The monoisotopic (exact) mass is 382 g/mol. The van der Waals surface area contributed by atoms with Crippen molar-refractivity contribution in [2.75, 3.05) is 0 Å². The zero-order valence-corrected chi connectivity index (χ0v) is 15.0. The van der Waals surface area contributed by atoms with Crippen LogP contribution in [0.1, 0.15) is 20.8 Å². The lowest BCUT2D eigenvalue weighted by atomic mass is 9.47. The van der Waals surface area contributed by atoms with Crippen LogP contribution in [0.2, 0.25) is 0 Å². The molecular weight excluding hydrogens is 360 g/mol. The Hall–Kier alpha value is -1.52. The lowest BCUT2D eigenvalue weighted by Gasteiger charge is -2.55. The van der Waals surface area contributed by atoms with Gasteiger partial charge in [-0.2, -0.15) is 0 Å². The van der Waals surface area contributed by atoms with Gasteiger partial charge in [0.2, 0.25) is 0 Å². The summed E-state index contributed by atoms with van der Waals surface area (Å²) in [4.78, 5) is 25.0. The molecule has 148 valence electrons. The van der Waals surface area contributed by atoms with Gasteiger partial charge in [-0.05, 0) is 19.4 Å². The van der Waals surface area contributed by atoms with Crippen LogP contribution < -0.4 is 0 Å². The summed E-state index contributed by atoms with van der Waals surface area (Å²) in [6.07, 6.45) is -8.65. The quantitative estimate of drug-likeness (QED) is 0.230. The van der Waals surface area contributed by atoms with Crippen molar-refractivity contribution in [3.8, 4) is 0 Å². The van der Waals surface area contributed by atoms with Crippen LogP contribution in [-0.4, -0.2) is 81.2 Å². The van der Waals surface area contributed by atoms with Gasteiger partial charge >= 0.3 is 11.9 Å². The summed E-state index contributed by atoms with van der Waals surface area (Å²) in [5.74, 6) is -2.29. The maximum atomic E-state index is 12.7. The first-order valence-electron chi connectivity index (χ1n) is 9.10. The highest BCUT2D eigenvalue weighted by Gasteiger charge is 2.81. The third-order valence-corrected chi connectivity index (χ3v) is 7.35. The molecule has 0 amide bonds. The first-order chi connectivity index (χ1) is 12.6. The fraction of sp³-hybridized carbons (Fsp3) is 0.778. The van der Waals surface area contributed by atoms with Gasteiger partial charge < -0.3 is 34.6 Å². The van der Waals surface area contributed by atoms with Gasteiger partial charge in [-0.15, -0.1) is 0 Å². The van der Waals surface area contributed by atoms with E-state index in [1.165, 1.54) is 6.92 Å². The predicted octanol–water partition coefficient (Wildman–Crippen LogP) is -1.98. The van der Waals surface area contributed by atoms with Crippen LogP contribution in [0, 0.1) is 16.7 Å². The minimum absolute atomic E-state index is 0.156. The number of aliphatic hydroxyl groups excluding tert-OH is 4. The highest BCUT2D eigenvalue weighted by Crippen LogP contribution is 2.69. The summed E-state index contributed by atoms with van der Waals surface area (Å²) in [5, 5.41) is 42.5. The Kier molecular flexibility index (Phi) is 3.19. The van der Waals surface area contributed by atoms with Crippen molar-refractivity contribution in [3.05, 3.63) is 11.1 Å². The molecule has 0 aromatic carbocycles. The number of esters is 2. The summed E-state index contributed by atoms with van der Waals surface area (Å²) >= 11 is 0. The molecule has 3 heterocycles. The summed E-state index contributed by atoms with van der Waals surface area (Å²) in [6.45, 7) is 4.73. The van der Waals surface area contributed by atoms with Crippen molar-refractivity contribution in [1.82, 2.24) is 0 Å². The van der Waals surface area contributed by atoms with E-state index in [2.05, 4.69) is 0 Å².